The van der Waals surface area contributed by atoms with E-state index >= 15 is 0 Å². The Bertz CT molecular complexity index is 639. The summed E-state index contributed by atoms with van der Waals surface area (Å²) in [5.74, 6) is 0.783. The molecule has 1 amide bonds. The van der Waals surface area contributed by atoms with Gasteiger partial charge >= 0.3 is 0 Å². The Morgan fingerprint density at radius 3 is 2.90 bits per heavy atom. The fourth-order valence-corrected chi connectivity index (χ4v) is 3.73. The van der Waals surface area contributed by atoms with Gasteiger partial charge in [-0.2, -0.15) is 5.10 Å². The maximum Gasteiger partial charge on any atom is 0.263 e. The topological polar surface area (TPSA) is 38.1 Å². The van der Waals surface area contributed by atoms with Gasteiger partial charge in [-0.25, -0.2) is 0 Å². The summed E-state index contributed by atoms with van der Waals surface area (Å²) in [5, 5.41) is 4.48. The summed E-state index contributed by atoms with van der Waals surface area (Å²) >= 11 is 1.54. The highest BCUT2D eigenvalue weighted by Gasteiger charge is 2.23. The van der Waals surface area contributed by atoms with Crippen molar-refractivity contribution in [3.63, 3.8) is 0 Å². The Morgan fingerprint density at radius 1 is 1.43 bits per heavy atom. The molecule has 0 spiro atoms. The van der Waals surface area contributed by atoms with Crippen LogP contribution in [0.5, 0.6) is 0 Å². The van der Waals surface area contributed by atoms with Crippen molar-refractivity contribution in [2.75, 3.05) is 13.1 Å². The van der Waals surface area contributed by atoms with Gasteiger partial charge in [0, 0.05) is 25.8 Å². The van der Waals surface area contributed by atoms with Crippen LogP contribution in [0.3, 0.4) is 0 Å². The van der Waals surface area contributed by atoms with E-state index < -0.39 is 0 Å². The highest BCUT2D eigenvalue weighted by atomic mass is 32.1. The molecule has 1 aliphatic heterocycles. The molecule has 4 nitrogen and oxygen atoms in total. The average molecular weight is 303 g/mol. The van der Waals surface area contributed by atoms with Crippen LogP contribution in [0.4, 0.5) is 0 Å². The molecular weight excluding hydrogens is 282 g/mol. The van der Waals surface area contributed by atoms with Crippen molar-refractivity contribution in [2.24, 2.45) is 13.0 Å². The highest BCUT2D eigenvalue weighted by Crippen LogP contribution is 2.29. The standard InChI is InChI=1S/C16H21N3OS/c1-11-5-4-8-19(10-11)16(20)15-7-6-14(21-15)13-9-12(2)18(3)17-13/h6-7,9,11H,4-5,8,10H2,1-3H3. The van der Waals surface area contributed by atoms with E-state index in [2.05, 4.69) is 18.1 Å². The molecule has 3 heterocycles. The molecule has 0 saturated carbocycles. The van der Waals surface area contributed by atoms with Crippen LogP contribution in [-0.4, -0.2) is 33.7 Å². The third-order valence-corrected chi connectivity index (χ3v) is 5.22. The maximum atomic E-state index is 12.6. The van der Waals surface area contributed by atoms with Crippen molar-refractivity contribution in [1.82, 2.24) is 14.7 Å². The largest absolute Gasteiger partial charge is 0.338 e. The van der Waals surface area contributed by atoms with E-state index in [-0.39, 0.29) is 5.91 Å². The molecule has 1 atom stereocenters. The molecular formula is C16H21N3OS. The Hall–Kier alpha value is -1.62. The summed E-state index contributed by atoms with van der Waals surface area (Å²) in [5.41, 5.74) is 2.07. The fraction of sp³-hybridized carbons (Fsp3) is 0.500. The van der Waals surface area contributed by atoms with Crippen LogP contribution in [0, 0.1) is 12.8 Å². The first kappa shape index (κ1) is 14.3. The molecule has 2 aromatic rings. The first-order chi connectivity index (χ1) is 10.0. The number of piperidine rings is 1. The van der Waals surface area contributed by atoms with Gasteiger partial charge in [-0.1, -0.05) is 6.92 Å². The number of rotatable bonds is 2. The summed E-state index contributed by atoms with van der Waals surface area (Å²) in [6, 6.07) is 6.00. The van der Waals surface area contributed by atoms with Crippen LogP contribution in [-0.2, 0) is 7.05 Å². The minimum absolute atomic E-state index is 0.172. The van der Waals surface area contributed by atoms with Gasteiger partial charge in [0.1, 0.15) is 5.69 Å². The van der Waals surface area contributed by atoms with Gasteiger partial charge in [0.2, 0.25) is 0 Å². The average Bonchev–Trinajstić information content (AvgIpc) is 3.06. The number of hydrogen-bond acceptors (Lipinski definition) is 3. The molecule has 21 heavy (non-hydrogen) atoms. The summed E-state index contributed by atoms with van der Waals surface area (Å²) in [6.45, 7) is 6.02. The van der Waals surface area contributed by atoms with Crippen LogP contribution < -0.4 is 0 Å². The third-order valence-electron chi connectivity index (χ3n) is 4.13. The van der Waals surface area contributed by atoms with Crippen molar-refractivity contribution in [3.05, 3.63) is 28.8 Å². The minimum Gasteiger partial charge on any atom is -0.338 e. The normalized spacial score (nSPS) is 19.0. The summed E-state index contributed by atoms with van der Waals surface area (Å²) in [6.07, 6.45) is 2.34. The zero-order valence-corrected chi connectivity index (χ0v) is 13.6. The van der Waals surface area contributed by atoms with E-state index in [1.54, 1.807) is 11.3 Å². The molecule has 5 heteroatoms. The first-order valence-corrected chi connectivity index (χ1v) is 8.26. The zero-order chi connectivity index (χ0) is 15.0. The third kappa shape index (κ3) is 2.88. The van der Waals surface area contributed by atoms with Crippen molar-refractivity contribution < 1.29 is 4.79 Å². The molecule has 1 aliphatic rings. The van der Waals surface area contributed by atoms with E-state index in [1.807, 2.05) is 35.7 Å². The van der Waals surface area contributed by atoms with Gasteiger partial charge in [0.05, 0.1) is 9.75 Å². The Labute approximate surface area is 129 Å². The number of aryl methyl sites for hydroxylation is 2. The van der Waals surface area contributed by atoms with Gasteiger partial charge in [0.25, 0.3) is 5.91 Å². The van der Waals surface area contributed by atoms with Gasteiger partial charge in [0.15, 0.2) is 0 Å². The van der Waals surface area contributed by atoms with Gasteiger partial charge < -0.3 is 4.90 Å². The van der Waals surface area contributed by atoms with Gasteiger partial charge in [-0.3, -0.25) is 9.48 Å². The Morgan fingerprint density at radius 2 is 2.24 bits per heavy atom. The number of carbonyl (C=O) groups excluding carboxylic acids is 1. The first-order valence-electron chi connectivity index (χ1n) is 7.44. The van der Waals surface area contributed by atoms with E-state index in [0.717, 1.165) is 40.7 Å². The summed E-state index contributed by atoms with van der Waals surface area (Å²) in [4.78, 5) is 16.5. The highest BCUT2D eigenvalue weighted by molar-refractivity contribution is 7.17. The SMILES string of the molecule is Cc1cc(-c2ccc(C(=O)N3CCCC(C)C3)s2)nn1C. The van der Waals surface area contributed by atoms with Crippen LogP contribution in [0.1, 0.15) is 35.1 Å². The molecule has 112 valence electrons. The summed E-state index contributed by atoms with van der Waals surface area (Å²) < 4.78 is 1.86. The van der Waals surface area contributed by atoms with Crippen LogP contribution in [0.2, 0.25) is 0 Å². The number of likely N-dealkylation sites (tertiary alicyclic amines) is 1. The number of thiophene rings is 1. The quantitative estimate of drug-likeness (QED) is 0.853. The van der Waals surface area contributed by atoms with E-state index in [4.69, 9.17) is 0 Å². The lowest BCUT2D eigenvalue weighted by Gasteiger charge is -2.30. The monoisotopic (exact) mass is 303 g/mol. The predicted octanol–water partition coefficient (Wildman–Crippen LogP) is 3.33. The lowest BCUT2D eigenvalue weighted by atomic mass is 10.0. The van der Waals surface area contributed by atoms with E-state index in [9.17, 15) is 4.79 Å². The zero-order valence-electron chi connectivity index (χ0n) is 12.8. The molecule has 0 aromatic carbocycles. The molecule has 0 aliphatic carbocycles. The van der Waals surface area contributed by atoms with Crippen molar-refractivity contribution >= 4 is 17.2 Å². The molecule has 0 radical (unpaired) electrons. The van der Waals surface area contributed by atoms with Crippen molar-refractivity contribution in [3.8, 4) is 10.6 Å². The summed E-state index contributed by atoms with van der Waals surface area (Å²) in [7, 11) is 1.94. The minimum atomic E-state index is 0.172. The lowest BCUT2D eigenvalue weighted by molar-refractivity contribution is 0.0688. The molecule has 2 aromatic heterocycles. The second-order valence-electron chi connectivity index (χ2n) is 5.96. The predicted molar refractivity (Wildman–Crippen MR) is 85.6 cm³/mol. The van der Waals surface area contributed by atoms with E-state index in [1.165, 1.54) is 6.42 Å². The van der Waals surface area contributed by atoms with Crippen LogP contribution in [0.25, 0.3) is 10.6 Å². The molecule has 0 N–H and O–H groups in total. The van der Waals surface area contributed by atoms with Gasteiger partial charge in [-0.05, 0) is 43.9 Å². The van der Waals surface area contributed by atoms with Crippen LogP contribution >= 0.6 is 11.3 Å². The van der Waals surface area contributed by atoms with Crippen molar-refractivity contribution in [1.29, 1.82) is 0 Å². The number of nitrogens with zero attached hydrogens (tertiary/aromatic N) is 3. The Balaban J connectivity index is 1.79. The molecule has 3 rings (SSSR count). The molecule has 0 bridgehead atoms. The second-order valence-corrected chi connectivity index (χ2v) is 7.04. The molecule has 1 fully saturated rings. The Kier molecular flexibility index (Phi) is 3.85. The lowest BCUT2D eigenvalue weighted by Crippen LogP contribution is -2.38. The molecule has 1 saturated heterocycles. The number of carbonyl (C=O) groups is 1. The van der Waals surface area contributed by atoms with Crippen LogP contribution in [0.15, 0.2) is 18.2 Å². The fourth-order valence-electron chi connectivity index (χ4n) is 2.80. The molecule has 1 unspecified atom stereocenters. The van der Waals surface area contributed by atoms with Crippen molar-refractivity contribution in [2.45, 2.75) is 26.7 Å². The maximum absolute atomic E-state index is 12.6. The van der Waals surface area contributed by atoms with E-state index in [0.29, 0.717) is 5.92 Å². The smallest absolute Gasteiger partial charge is 0.263 e. The number of aromatic nitrogens is 2. The number of amides is 1. The second kappa shape index (κ2) is 5.64. The number of hydrogen-bond donors (Lipinski definition) is 0. The van der Waals surface area contributed by atoms with Gasteiger partial charge in [-0.15, -0.1) is 11.3 Å².